The summed E-state index contributed by atoms with van der Waals surface area (Å²) in [6, 6.07) is 4.92. The number of carbonyl (C=O) groups is 2. The van der Waals surface area contributed by atoms with Crippen LogP contribution in [0.25, 0.3) is 0 Å². The van der Waals surface area contributed by atoms with E-state index in [2.05, 4.69) is 0 Å². The topological polar surface area (TPSA) is 54.4 Å². The Morgan fingerprint density at radius 2 is 2.27 bits per heavy atom. The molecule has 1 aliphatic carbocycles. The number of aromatic carboxylic acids is 1. The molecule has 0 radical (unpaired) electrons. The summed E-state index contributed by atoms with van der Waals surface area (Å²) >= 11 is 0. The predicted molar refractivity (Wildman–Crippen MR) is 55.2 cm³/mol. The zero-order valence-electron chi connectivity index (χ0n) is 8.49. The summed E-state index contributed by atoms with van der Waals surface area (Å²) in [6.45, 7) is 1.95. The van der Waals surface area contributed by atoms with Gasteiger partial charge in [0.2, 0.25) is 0 Å². The average molecular weight is 204 g/mol. The van der Waals surface area contributed by atoms with Crippen molar-refractivity contribution in [1.29, 1.82) is 0 Å². The van der Waals surface area contributed by atoms with Crippen molar-refractivity contribution in [2.75, 3.05) is 0 Å². The van der Waals surface area contributed by atoms with Crippen molar-refractivity contribution in [2.24, 2.45) is 5.92 Å². The van der Waals surface area contributed by atoms with Gasteiger partial charge in [-0.2, -0.15) is 0 Å². The van der Waals surface area contributed by atoms with Crippen LogP contribution in [-0.2, 0) is 6.42 Å². The Hall–Kier alpha value is -1.64. The average Bonchev–Trinajstić information content (AvgIpc) is 2.55. The van der Waals surface area contributed by atoms with Crippen LogP contribution < -0.4 is 0 Å². The van der Waals surface area contributed by atoms with E-state index in [9.17, 15) is 9.59 Å². The highest BCUT2D eigenvalue weighted by molar-refractivity contribution is 6.05. The van der Waals surface area contributed by atoms with Crippen LogP contribution in [0.5, 0.6) is 0 Å². The van der Waals surface area contributed by atoms with Crippen LogP contribution in [0, 0.1) is 5.92 Å². The van der Waals surface area contributed by atoms with Crippen molar-refractivity contribution < 1.29 is 14.7 Å². The number of hydrogen-bond acceptors (Lipinski definition) is 2. The highest BCUT2D eigenvalue weighted by Gasteiger charge is 2.31. The number of carboxylic acid groups (broad SMARTS) is 1. The third-order valence-electron chi connectivity index (χ3n) is 2.99. The molecule has 0 aromatic heterocycles. The van der Waals surface area contributed by atoms with Crippen molar-refractivity contribution in [3.05, 3.63) is 34.9 Å². The lowest BCUT2D eigenvalue weighted by atomic mass is 10.0. The Balaban J connectivity index is 2.53. The molecule has 3 heteroatoms. The Labute approximate surface area is 87.7 Å². The van der Waals surface area contributed by atoms with Gasteiger partial charge >= 0.3 is 5.97 Å². The maximum atomic E-state index is 11.8. The number of carbonyl (C=O) groups excluding carboxylic acids is 1. The Kier molecular flexibility index (Phi) is 2.31. The van der Waals surface area contributed by atoms with Crippen molar-refractivity contribution in [2.45, 2.75) is 19.8 Å². The molecule has 0 aliphatic heterocycles. The molecule has 0 saturated heterocycles. The second-order valence-electron chi connectivity index (χ2n) is 3.81. The number of fused-ring (bicyclic) bond motifs is 1. The molecule has 2 rings (SSSR count). The fourth-order valence-electron chi connectivity index (χ4n) is 2.13. The van der Waals surface area contributed by atoms with E-state index in [1.54, 1.807) is 18.2 Å². The van der Waals surface area contributed by atoms with Crippen molar-refractivity contribution in [3.63, 3.8) is 0 Å². The zero-order valence-corrected chi connectivity index (χ0v) is 8.49. The normalized spacial score (nSPS) is 19.0. The van der Waals surface area contributed by atoms with Gasteiger partial charge in [-0.3, -0.25) is 4.79 Å². The molecule has 1 aromatic carbocycles. The molecule has 78 valence electrons. The molecule has 1 aromatic rings. The van der Waals surface area contributed by atoms with Crippen LogP contribution in [-0.4, -0.2) is 16.9 Å². The lowest BCUT2D eigenvalue weighted by molar-refractivity contribution is 0.0695. The quantitative estimate of drug-likeness (QED) is 0.803. The van der Waals surface area contributed by atoms with Gasteiger partial charge in [0.25, 0.3) is 0 Å². The third kappa shape index (κ3) is 1.44. The summed E-state index contributed by atoms with van der Waals surface area (Å²) in [6.07, 6.45) is 1.35. The lowest BCUT2D eigenvalue weighted by Crippen LogP contribution is -2.06. The van der Waals surface area contributed by atoms with E-state index in [0.717, 1.165) is 6.42 Å². The molecule has 1 aliphatic rings. The minimum atomic E-state index is -0.948. The molecule has 1 unspecified atom stereocenters. The van der Waals surface area contributed by atoms with E-state index in [4.69, 9.17) is 5.11 Å². The van der Waals surface area contributed by atoms with Gasteiger partial charge < -0.3 is 5.11 Å². The largest absolute Gasteiger partial charge is 0.478 e. The van der Waals surface area contributed by atoms with Crippen LogP contribution in [0.2, 0.25) is 0 Å². The van der Waals surface area contributed by atoms with Gasteiger partial charge in [-0.25, -0.2) is 4.79 Å². The number of Topliss-reactive ketones (excluding diaryl/α,β-unsaturated/α-hetero) is 1. The minimum Gasteiger partial charge on any atom is -0.478 e. The molecule has 0 amide bonds. The second-order valence-corrected chi connectivity index (χ2v) is 3.81. The SMILES string of the molecule is CCC1Cc2c(C(=O)O)cccc2C1=O. The summed E-state index contributed by atoms with van der Waals surface area (Å²) in [5, 5.41) is 8.98. The first-order valence-electron chi connectivity index (χ1n) is 5.04. The number of benzene rings is 1. The number of hydrogen-bond donors (Lipinski definition) is 1. The molecule has 0 saturated carbocycles. The zero-order chi connectivity index (χ0) is 11.0. The summed E-state index contributed by atoms with van der Waals surface area (Å²) in [7, 11) is 0. The lowest BCUT2D eigenvalue weighted by Gasteiger charge is -2.02. The summed E-state index contributed by atoms with van der Waals surface area (Å²) in [5.74, 6) is -0.882. The van der Waals surface area contributed by atoms with Crippen LogP contribution in [0.15, 0.2) is 18.2 Å². The summed E-state index contributed by atoms with van der Waals surface area (Å²) in [4.78, 5) is 22.8. The number of rotatable bonds is 2. The van der Waals surface area contributed by atoms with Gasteiger partial charge in [0, 0.05) is 11.5 Å². The smallest absolute Gasteiger partial charge is 0.335 e. The van der Waals surface area contributed by atoms with Crippen LogP contribution in [0.1, 0.15) is 39.6 Å². The van der Waals surface area contributed by atoms with Crippen molar-refractivity contribution in [3.8, 4) is 0 Å². The summed E-state index contributed by atoms with van der Waals surface area (Å²) < 4.78 is 0. The van der Waals surface area contributed by atoms with E-state index >= 15 is 0 Å². The minimum absolute atomic E-state index is 0.0273. The van der Waals surface area contributed by atoms with Crippen LogP contribution >= 0.6 is 0 Å². The molecule has 1 atom stereocenters. The maximum absolute atomic E-state index is 11.8. The van der Waals surface area contributed by atoms with Crippen LogP contribution in [0.4, 0.5) is 0 Å². The third-order valence-corrected chi connectivity index (χ3v) is 2.99. The Morgan fingerprint density at radius 3 is 2.87 bits per heavy atom. The summed E-state index contributed by atoms with van der Waals surface area (Å²) in [5.41, 5.74) is 1.58. The predicted octanol–water partition coefficient (Wildman–Crippen LogP) is 2.15. The molecular weight excluding hydrogens is 192 g/mol. The van der Waals surface area contributed by atoms with Crippen LogP contribution in [0.3, 0.4) is 0 Å². The molecule has 0 bridgehead atoms. The van der Waals surface area contributed by atoms with Crippen molar-refractivity contribution >= 4 is 11.8 Å². The first-order chi connectivity index (χ1) is 7.15. The standard InChI is InChI=1S/C12H12O3/c1-2-7-6-10-8(11(7)13)4-3-5-9(10)12(14)15/h3-5,7H,2,6H2,1H3,(H,14,15). The van der Waals surface area contributed by atoms with Gasteiger partial charge in [-0.1, -0.05) is 19.1 Å². The first-order valence-corrected chi connectivity index (χ1v) is 5.04. The van der Waals surface area contributed by atoms with Gasteiger partial charge in [0.05, 0.1) is 5.56 Å². The maximum Gasteiger partial charge on any atom is 0.335 e. The van der Waals surface area contributed by atoms with E-state index in [1.165, 1.54) is 0 Å². The molecule has 1 N–H and O–H groups in total. The Morgan fingerprint density at radius 1 is 1.53 bits per heavy atom. The van der Waals surface area contributed by atoms with E-state index in [-0.39, 0.29) is 17.3 Å². The molecule has 3 nitrogen and oxygen atoms in total. The van der Waals surface area contributed by atoms with E-state index in [0.29, 0.717) is 17.5 Å². The number of carboxylic acids is 1. The molecule has 0 fully saturated rings. The molecule has 15 heavy (non-hydrogen) atoms. The van der Waals surface area contributed by atoms with Gasteiger partial charge in [-0.15, -0.1) is 0 Å². The van der Waals surface area contributed by atoms with Crippen molar-refractivity contribution in [1.82, 2.24) is 0 Å². The van der Waals surface area contributed by atoms with Gasteiger partial charge in [-0.05, 0) is 24.5 Å². The fourth-order valence-corrected chi connectivity index (χ4v) is 2.13. The highest BCUT2D eigenvalue weighted by atomic mass is 16.4. The monoisotopic (exact) mass is 204 g/mol. The number of ketones is 1. The molecular formula is C12H12O3. The Bertz CT molecular complexity index is 434. The highest BCUT2D eigenvalue weighted by Crippen LogP contribution is 2.31. The van der Waals surface area contributed by atoms with Gasteiger partial charge in [0.1, 0.15) is 0 Å². The fraction of sp³-hybridized carbons (Fsp3) is 0.333. The second kappa shape index (κ2) is 3.50. The first kappa shape index (κ1) is 9.90. The van der Waals surface area contributed by atoms with Gasteiger partial charge in [0.15, 0.2) is 5.78 Å². The molecule has 0 heterocycles. The van der Waals surface area contributed by atoms with E-state index < -0.39 is 5.97 Å². The van der Waals surface area contributed by atoms with E-state index in [1.807, 2.05) is 6.92 Å². The molecule has 0 spiro atoms.